The second-order valence-electron chi connectivity index (χ2n) is 3.36. The summed E-state index contributed by atoms with van der Waals surface area (Å²) in [6.07, 6.45) is 1.15. The Morgan fingerprint density at radius 2 is 2.13 bits per heavy atom. The number of rotatable bonds is 1. The van der Waals surface area contributed by atoms with Crippen LogP contribution in [0.25, 0.3) is 0 Å². The zero-order valence-corrected chi connectivity index (χ0v) is 10.3. The lowest BCUT2D eigenvalue weighted by atomic mass is 10.0. The van der Waals surface area contributed by atoms with Crippen LogP contribution in [-0.2, 0) is 11.2 Å². The largest absolute Gasteiger partial charge is 0.465 e. The monoisotopic (exact) mass is 316 g/mol. The van der Waals surface area contributed by atoms with E-state index in [9.17, 15) is 9.59 Å². The third-order valence-corrected chi connectivity index (χ3v) is 3.45. The average molecular weight is 316 g/mol. The van der Waals surface area contributed by atoms with Gasteiger partial charge in [-0.25, -0.2) is 4.79 Å². The van der Waals surface area contributed by atoms with Crippen molar-refractivity contribution in [1.82, 2.24) is 0 Å². The molecule has 0 fully saturated rings. The molecule has 0 radical (unpaired) electrons. The lowest BCUT2D eigenvalue weighted by Crippen LogP contribution is -2.07. The van der Waals surface area contributed by atoms with Crippen molar-refractivity contribution < 1.29 is 14.3 Å². The molecule has 3 nitrogen and oxygen atoms in total. The Balaban J connectivity index is 2.62. The minimum Gasteiger partial charge on any atom is -0.465 e. The number of methoxy groups -OCH3 is 1. The molecule has 0 aromatic heterocycles. The second-order valence-corrected chi connectivity index (χ2v) is 4.53. The smallest absolute Gasteiger partial charge is 0.338 e. The number of carbonyl (C=O) groups is 2. The fourth-order valence-electron chi connectivity index (χ4n) is 1.85. The number of esters is 1. The van der Waals surface area contributed by atoms with Crippen molar-refractivity contribution in [3.05, 3.63) is 32.4 Å². The van der Waals surface area contributed by atoms with Gasteiger partial charge in [0.15, 0.2) is 5.78 Å². The highest BCUT2D eigenvalue weighted by Crippen LogP contribution is 2.29. The third-order valence-electron chi connectivity index (χ3n) is 2.55. The zero-order valence-electron chi connectivity index (χ0n) is 8.17. The number of ketones is 1. The van der Waals surface area contributed by atoms with Gasteiger partial charge >= 0.3 is 5.97 Å². The molecule has 0 atom stereocenters. The highest BCUT2D eigenvalue weighted by Gasteiger charge is 2.27. The molecule has 4 heteroatoms. The van der Waals surface area contributed by atoms with Crippen LogP contribution in [-0.4, -0.2) is 18.9 Å². The molecule has 0 unspecified atom stereocenters. The molecule has 0 N–H and O–H groups in total. The molecule has 0 saturated carbocycles. The average Bonchev–Trinajstić information content (AvgIpc) is 2.61. The number of ether oxygens (including phenoxy) is 1. The van der Waals surface area contributed by atoms with Gasteiger partial charge in [-0.1, -0.05) is 0 Å². The first kappa shape index (κ1) is 10.6. The normalized spacial score (nSPS) is 13.9. The van der Waals surface area contributed by atoms with Gasteiger partial charge in [0.05, 0.1) is 12.7 Å². The van der Waals surface area contributed by atoms with Crippen LogP contribution in [0.2, 0.25) is 0 Å². The van der Waals surface area contributed by atoms with E-state index in [1.54, 1.807) is 12.1 Å². The molecule has 1 aromatic carbocycles. The van der Waals surface area contributed by atoms with Gasteiger partial charge in [-0.2, -0.15) is 0 Å². The van der Waals surface area contributed by atoms with Crippen molar-refractivity contribution >= 4 is 34.3 Å². The molecule has 0 bridgehead atoms. The van der Waals surface area contributed by atoms with Crippen LogP contribution in [0.4, 0.5) is 0 Å². The summed E-state index contributed by atoms with van der Waals surface area (Å²) in [6, 6.07) is 3.51. The maximum Gasteiger partial charge on any atom is 0.338 e. The SMILES string of the molecule is COC(=O)c1ccc(I)c2c1CCC2=O. The van der Waals surface area contributed by atoms with E-state index >= 15 is 0 Å². The number of benzene rings is 1. The Labute approximate surface area is 101 Å². The standard InChI is InChI=1S/C11H9IO3/c1-15-11(14)7-2-4-8(12)10-6(7)3-5-9(10)13/h2,4H,3,5H2,1H3. The Morgan fingerprint density at radius 3 is 2.80 bits per heavy atom. The van der Waals surface area contributed by atoms with E-state index in [2.05, 4.69) is 27.3 Å². The number of Topliss-reactive ketones (excluding diaryl/α,β-unsaturated/α-hetero) is 1. The first-order valence-electron chi connectivity index (χ1n) is 4.58. The summed E-state index contributed by atoms with van der Waals surface area (Å²) in [5.74, 6) is -0.238. The van der Waals surface area contributed by atoms with E-state index < -0.39 is 0 Å². The van der Waals surface area contributed by atoms with Gasteiger partial charge in [0.2, 0.25) is 0 Å². The second kappa shape index (κ2) is 3.92. The molecule has 0 aliphatic heterocycles. The summed E-state index contributed by atoms with van der Waals surface area (Å²) in [6.45, 7) is 0. The van der Waals surface area contributed by atoms with Crippen molar-refractivity contribution in [2.75, 3.05) is 7.11 Å². The van der Waals surface area contributed by atoms with Crippen LogP contribution in [0.15, 0.2) is 12.1 Å². The van der Waals surface area contributed by atoms with E-state index in [0.29, 0.717) is 24.0 Å². The van der Waals surface area contributed by atoms with Crippen molar-refractivity contribution in [3.8, 4) is 0 Å². The lowest BCUT2D eigenvalue weighted by Gasteiger charge is -2.06. The van der Waals surface area contributed by atoms with Gasteiger partial charge < -0.3 is 4.74 Å². The fourth-order valence-corrected chi connectivity index (χ4v) is 2.65. The van der Waals surface area contributed by atoms with E-state index in [-0.39, 0.29) is 11.8 Å². The van der Waals surface area contributed by atoms with Crippen molar-refractivity contribution in [2.24, 2.45) is 0 Å². The van der Waals surface area contributed by atoms with Gasteiger partial charge in [0.25, 0.3) is 0 Å². The van der Waals surface area contributed by atoms with Crippen molar-refractivity contribution in [3.63, 3.8) is 0 Å². The van der Waals surface area contributed by atoms with Gasteiger partial charge in [0.1, 0.15) is 0 Å². The Hall–Kier alpha value is -0.910. The molecule has 0 saturated heterocycles. The quantitative estimate of drug-likeness (QED) is 0.589. The molecular weight excluding hydrogens is 307 g/mol. The number of carbonyl (C=O) groups excluding carboxylic acids is 2. The molecule has 1 aromatic rings. The van der Waals surface area contributed by atoms with E-state index in [0.717, 1.165) is 9.13 Å². The van der Waals surface area contributed by atoms with E-state index in [1.165, 1.54) is 7.11 Å². The number of fused-ring (bicyclic) bond motifs is 1. The summed E-state index contributed by atoms with van der Waals surface area (Å²) in [4.78, 5) is 23.0. The predicted molar refractivity (Wildman–Crippen MR) is 63.2 cm³/mol. The topological polar surface area (TPSA) is 43.4 Å². The number of halogens is 1. The Morgan fingerprint density at radius 1 is 1.40 bits per heavy atom. The molecule has 0 spiro atoms. The number of hydrogen-bond donors (Lipinski definition) is 0. The minimum absolute atomic E-state index is 0.125. The minimum atomic E-state index is -0.364. The summed E-state index contributed by atoms with van der Waals surface area (Å²) in [7, 11) is 1.35. The predicted octanol–water partition coefficient (Wildman–Crippen LogP) is 2.21. The summed E-state index contributed by atoms with van der Waals surface area (Å²) >= 11 is 2.12. The van der Waals surface area contributed by atoms with Crippen molar-refractivity contribution in [2.45, 2.75) is 12.8 Å². The van der Waals surface area contributed by atoms with Crippen LogP contribution in [0, 0.1) is 3.57 Å². The van der Waals surface area contributed by atoms with E-state index in [4.69, 9.17) is 0 Å². The van der Waals surface area contributed by atoms with Crippen LogP contribution in [0.1, 0.15) is 32.7 Å². The maximum atomic E-state index is 11.6. The Kier molecular flexibility index (Phi) is 2.77. The van der Waals surface area contributed by atoms with Crippen molar-refractivity contribution in [1.29, 1.82) is 0 Å². The third kappa shape index (κ3) is 1.67. The zero-order chi connectivity index (χ0) is 11.0. The first-order valence-corrected chi connectivity index (χ1v) is 5.66. The number of hydrogen-bond acceptors (Lipinski definition) is 3. The molecule has 1 aliphatic rings. The maximum absolute atomic E-state index is 11.6. The molecule has 78 valence electrons. The van der Waals surface area contributed by atoms with Crippen LogP contribution in [0.5, 0.6) is 0 Å². The molecule has 2 rings (SSSR count). The van der Waals surface area contributed by atoms with Gasteiger partial charge in [0, 0.05) is 15.6 Å². The lowest BCUT2D eigenvalue weighted by molar-refractivity contribution is 0.0599. The summed E-state index contributed by atoms with van der Waals surface area (Å²) in [5.41, 5.74) is 2.08. The fraction of sp³-hybridized carbons (Fsp3) is 0.273. The highest BCUT2D eigenvalue weighted by molar-refractivity contribution is 14.1. The van der Waals surface area contributed by atoms with E-state index in [1.807, 2.05) is 0 Å². The van der Waals surface area contributed by atoms with Gasteiger partial charge in [-0.3, -0.25) is 4.79 Å². The Bertz CT molecular complexity index is 451. The molecule has 15 heavy (non-hydrogen) atoms. The molecule has 0 amide bonds. The first-order chi connectivity index (χ1) is 7.15. The van der Waals surface area contributed by atoms with Gasteiger partial charge in [-0.15, -0.1) is 0 Å². The molecule has 0 heterocycles. The molecular formula is C11H9IO3. The van der Waals surface area contributed by atoms with Crippen LogP contribution >= 0.6 is 22.6 Å². The summed E-state index contributed by atoms with van der Waals surface area (Å²) in [5, 5.41) is 0. The van der Waals surface area contributed by atoms with Crippen LogP contribution < -0.4 is 0 Å². The highest BCUT2D eigenvalue weighted by atomic mass is 127. The molecule has 1 aliphatic carbocycles. The van der Waals surface area contributed by atoms with Gasteiger partial charge in [-0.05, 0) is 46.7 Å². The van der Waals surface area contributed by atoms with Crippen LogP contribution in [0.3, 0.4) is 0 Å². The summed E-state index contributed by atoms with van der Waals surface area (Å²) < 4.78 is 5.60.